The Hall–Kier alpha value is -1.06. The number of likely N-dealkylation sites (tertiary alicyclic amines) is 1. The Labute approximate surface area is 122 Å². The number of hydrogen-bond donors (Lipinski definition) is 1. The second kappa shape index (κ2) is 7.09. The maximum absolute atomic E-state index is 5.86. The van der Waals surface area contributed by atoms with Crippen molar-refractivity contribution < 1.29 is 4.74 Å². The Balaban J connectivity index is 1.49. The number of hydrogen-bond acceptors (Lipinski definition) is 3. The third-order valence-corrected chi connectivity index (χ3v) is 4.62. The number of nitrogens with one attached hydrogen (secondary N) is 1. The molecule has 2 aliphatic heterocycles. The molecule has 2 saturated heterocycles. The predicted molar refractivity (Wildman–Crippen MR) is 82.2 cm³/mol. The lowest BCUT2D eigenvalue weighted by Gasteiger charge is -2.39. The van der Waals surface area contributed by atoms with E-state index in [1.165, 1.54) is 45.2 Å². The number of rotatable bonds is 5. The lowest BCUT2D eigenvalue weighted by Crippen LogP contribution is -2.51. The first-order chi connectivity index (χ1) is 9.93. The second-order valence-corrected chi connectivity index (χ2v) is 5.96. The molecule has 3 nitrogen and oxygen atoms in total. The van der Waals surface area contributed by atoms with Crippen LogP contribution in [0, 0.1) is 0 Å². The summed E-state index contributed by atoms with van der Waals surface area (Å²) < 4.78 is 5.86. The number of benzene rings is 1. The first-order valence-corrected chi connectivity index (χ1v) is 8.09. The maximum atomic E-state index is 5.86. The number of piperidine rings is 1. The van der Waals surface area contributed by atoms with Gasteiger partial charge in [0.05, 0.1) is 0 Å². The smallest absolute Gasteiger partial charge is 0.119 e. The monoisotopic (exact) mass is 274 g/mol. The van der Waals surface area contributed by atoms with Crippen molar-refractivity contribution in [2.75, 3.05) is 26.2 Å². The molecule has 2 heterocycles. The van der Waals surface area contributed by atoms with Gasteiger partial charge in [0.1, 0.15) is 12.4 Å². The van der Waals surface area contributed by atoms with Gasteiger partial charge in [0.15, 0.2) is 0 Å². The van der Waals surface area contributed by atoms with Gasteiger partial charge in [-0.15, -0.1) is 0 Å². The Bertz CT molecular complexity index is 389. The highest BCUT2D eigenvalue weighted by Gasteiger charge is 2.31. The molecule has 2 aliphatic rings. The fourth-order valence-corrected chi connectivity index (χ4v) is 3.59. The first-order valence-electron chi connectivity index (χ1n) is 8.09. The lowest BCUT2D eigenvalue weighted by atomic mass is 9.94. The molecule has 2 fully saturated rings. The molecule has 0 radical (unpaired) electrons. The predicted octanol–water partition coefficient (Wildman–Crippen LogP) is 2.67. The maximum Gasteiger partial charge on any atom is 0.119 e. The number of nitrogens with zero attached hydrogens (tertiary/aromatic N) is 1. The van der Waals surface area contributed by atoms with E-state index in [0.29, 0.717) is 6.04 Å². The molecule has 3 rings (SSSR count). The molecule has 0 aliphatic carbocycles. The highest BCUT2D eigenvalue weighted by molar-refractivity contribution is 5.20. The average Bonchev–Trinajstić information content (AvgIpc) is 3.03. The van der Waals surface area contributed by atoms with Crippen LogP contribution in [0.5, 0.6) is 5.75 Å². The van der Waals surface area contributed by atoms with Crippen LogP contribution in [0.25, 0.3) is 0 Å². The van der Waals surface area contributed by atoms with Crippen molar-refractivity contribution in [1.82, 2.24) is 10.2 Å². The molecule has 0 spiro atoms. The summed E-state index contributed by atoms with van der Waals surface area (Å²) in [5.74, 6) is 0.986. The Kier molecular flexibility index (Phi) is 4.93. The van der Waals surface area contributed by atoms with Crippen molar-refractivity contribution in [3.8, 4) is 5.75 Å². The van der Waals surface area contributed by atoms with E-state index < -0.39 is 0 Å². The molecule has 1 aromatic rings. The fourth-order valence-electron chi connectivity index (χ4n) is 3.59. The topological polar surface area (TPSA) is 24.5 Å². The molecular weight excluding hydrogens is 248 g/mol. The minimum absolute atomic E-state index is 0.715. The van der Waals surface area contributed by atoms with Crippen LogP contribution in [0.15, 0.2) is 30.3 Å². The van der Waals surface area contributed by atoms with E-state index >= 15 is 0 Å². The molecule has 1 aromatic carbocycles. The van der Waals surface area contributed by atoms with E-state index in [1.54, 1.807) is 0 Å². The van der Waals surface area contributed by atoms with Crippen molar-refractivity contribution in [3.63, 3.8) is 0 Å². The van der Waals surface area contributed by atoms with Crippen LogP contribution in [0.1, 0.15) is 32.1 Å². The van der Waals surface area contributed by atoms with Crippen LogP contribution in [0.3, 0.4) is 0 Å². The van der Waals surface area contributed by atoms with Crippen LogP contribution in [0.4, 0.5) is 0 Å². The highest BCUT2D eigenvalue weighted by atomic mass is 16.5. The second-order valence-electron chi connectivity index (χ2n) is 5.96. The van der Waals surface area contributed by atoms with Crippen LogP contribution in [0.2, 0.25) is 0 Å². The Morgan fingerprint density at radius 2 is 2.00 bits per heavy atom. The summed E-state index contributed by atoms with van der Waals surface area (Å²) in [7, 11) is 0. The average molecular weight is 274 g/mol. The number of para-hydroxylation sites is 1. The summed E-state index contributed by atoms with van der Waals surface area (Å²) in [6.45, 7) is 4.29. The van der Waals surface area contributed by atoms with Gasteiger partial charge in [-0.2, -0.15) is 0 Å². The normalized spacial score (nSPS) is 27.6. The van der Waals surface area contributed by atoms with Crippen LogP contribution >= 0.6 is 0 Å². The summed E-state index contributed by atoms with van der Waals surface area (Å²) >= 11 is 0. The zero-order chi connectivity index (χ0) is 13.6. The summed E-state index contributed by atoms with van der Waals surface area (Å²) in [4.78, 5) is 2.65. The van der Waals surface area contributed by atoms with Crippen molar-refractivity contribution in [3.05, 3.63) is 30.3 Å². The van der Waals surface area contributed by atoms with Gasteiger partial charge in [-0.25, -0.2) is 0 Å². The van der Waals surface area contributed by atoms with E-state index in [9.17, 15) is 0 Å². The Morgan fingerprint density at radius 1 is 1.10 bits per heavy atom. The minimum atomic E-state index is 0.715. The van der Waals surface area contributed by atoms with E-state index in [4.69, 9.17) is 4.74 Å². The van der Waals surface area contributed by atoms with Gasteiger partial charge in [0.25, 0.3) is 0 Å². The van der Waals surface area contributed by atoms with E-state index in [0.717, 1.165) is 24.9 Å². The van der Waals surface area contributed by atoms with E-state index in [-0.39, 0.29) is 0 Å². The van der Waals surface area contributed by atoms with Gasteiger partial charge >= 0.3 is 0 Å². The van der Waals surface area contributed by atoms with Crippen molar-refractivity contribution in [2.24, 2.45) is 0 Å². The molecule has 0 bridgehead atoms. The molecule has 3 heteroatoms. The SMILES string of the molecule is c1ccc(OCCN2CCCCC2C2CCCN2)cc1. The molecule has 2 unspecified atom stereocenters. The van der Waals surface area contributed by atoms with Crippen molar-refractivity contribution in [1.29, 1.82) is 0 Å². The molecule has 1 N–H and O–H groups in total. The zero-order valence-corrected chi connectivity index (χ0v) is 12.3. The molecule has 0 amide bonds. The van der Waals surface area contributed by atoms with E-state index in [1.807, 2.05) is 30.3 Å². The van der Waals surface area contributed by atoms with Gasteiger partial charge in [-0.05, 0) is 50.9 Å². The molecule has 20 heavy (non-hydrogen) atoms. The summed E-state index contributed by atoms with van der Waals surface area (Å²) in [5, 5.41) is 3.68. The lowest BCUT2D eigenvalue weighted by molar-refractivity contribution is 0.101. The largest absolute Gasteiger partial charge is 0.492 e. The third kappa shape index (κ3) is 3.53. The van der Waals surface area contributed by atoms with Crippen LogP contribution in [-0.4, -0.2) is 43.2 Å². The molecule has 0 aromatic heterocycles. The first kappa shape index (κ1) is 13.9. The Morgan fingerprint density at radius 3 is 2.80 bits per heavy atom. The summed E-state index contributed by atoms with van der Waals surface area (Å²) in [6, 6.07) is 11.6. The third-order valence-electron chi connectivity index (χ3n) is 4.62. The highest BCUT2D eigenvalue weighted by Crippen LogP contribution is 2.24. The van der Waals surface area contributed by atoms with E-state index in [2.05, 4.69) is 10.2 Å². The fraction of sp³-hybridized carbons (Fsp3) is 0.647. The van der Waals surface area contributed by atoms with Gasteiger partial charge in [0.2, 0.25) is 0 Å². The quantitative estimate of drug-likeness (QED) is 0.893. The standard InChI is InChI=1S/C17H26N2O/c1-2-7-15(8-3-1)20-14-13-19-12-5-4-10-17(19)16-9-6-11-18-16/h1-3,7-8,16-18H,4-6,9-14H2. The molecule has 0 saturated carbocycles. The summed E-state index contributed by atoms with van der Waals surface area (Å²) in [5.41, 5.74) is 0. The minimum Gasteiger partial charge on any atom is -0.492 e. The van der Waals surface area contributed by atoms with Crippen molar-refractivity contribution in [2.45, 2.75) is 44.2 Å². The molecule has 110 valence electrons. The van der Waals surface area contributed by atoms with Gasteiger partial charge in [0, 0.05) is 18.6 Å². The van der Waals surface area contributed by atoms with Crippen LogP contribution in [-0.2, 0) is 0 Å². The molecular formula is C17H26N2O. The van der Waals surface area contributed by atoms with Gasteiger partial charge < -0.3 is 10.1 Å². The van der Waals surface area contributed by atoms with Gasteiger partial charge in [-0.1, -0.05) is 24.6 Å². The molecule has 2 atom stereocenters. The zero-order valence-electron chi connectivity index (χ0n) is 12.3. The summed E-state index contributed by atoms with van der Waals surface area (Å²) in [6.07, 6.45) is 6.77. The van der Waals surface area contributed by atoms with Gasteiger partial charge in [-0.3, -0.25) is 4.90 Å². The number of ether oxygens (including phenoxy) is 1. The van der Waals surface area contributed by atoms with Crippen LogP contribution < -0.4 is 10.1 Å². The van der Waals surface area contributed by atoms with Crippen molar-refractivity contribution >= 4 is 0 Å².